The van der Waals surface area contributed by atoms with Gasteiger partial charge in [0, 0.05) is 46.8 Å². The first kappa shape index (κ1) is 14.1. The topological polar surface area (TPSA) is 15.3 Å². The van der Waals surface area contributed by atoms with E-state index in [0.29, 0.717) is 6.04 Å². The smallest absolute Gasteiger partial charge is 0.0465 e. The van der Waals surface area contributed by atoms with Gasteiger partial charge in [-0.3, -0.25) is 4.90 Å². The molecule has 0 amide bonds. The molecule has 1 fully saturated rings. The molecule has 1 aromatic carbocycles. The lowest BCUT2D eigenvalue weighted by atomic mass is 9.98. The van der Waals surface area contributed by atoms with Crippen LogP contribution < -0.4 is 5.32 Å². The highest BCUT2D eigenvalue weighted by atomic mass is 35.5. The second-order valence-electron chi connectivity index (χ2n) is 5.72. The summed E-state index contributed by atoms with van der Waals surface area (Å²) < 4.78 is 0. The number of hydrogen-bond acceptors (Lipinski definition) is 2. The molecule has 0 bridgehead atoms. The van der Waals surface area contributed by atoms with E-state index >= 15 is 0 Å². The SMILES string of the molecule is CC1CNC(C)(C)CN1Cc1c(Cl)cccc1Cl. The van der Waals surface area contributed by atoms with Crippen molar-refractivity contribution in [1.29, 1.82) is 0 Å². The van der Waals surface area contributed by atoms with Gasteiger partial charge in [-0.05, 0) is 32.9 Å². The van der Waals surface area contributed by atoms with Crippen molar-refractivity contribution in [2.45, 2.75) is 38.9 Å². The van der Waals surface area contributed by atoms with Crippen LogP contribution in [0, 0.1) is 0 Å². The van der Waals surface area contributed by atoms with E-state index in [-0.39, 0.29) is 5.54 Å². The van der Waals surface area contributed by atoms with E-state index < -0.39 is 0 Å². The zero-order chi connectivity index (χ0) is 13.3. The highest BCUT2D eigenvalue weighted by Crippen LogP contribution is 2.27. The fourth-order valence-electron chi connectivity index (χ4n) is 2.37. The van der Waals surface area contributed by atoms with E-state index in [1.807, 2.05) is 18.2 Å². The Kier molecular flexibility index (Phi) is 4.22. The summed E-state index contributed by atoms with van der Waals surface area (Å²) in [5.74, 6) is 0. The molecular weight excluding hydrogens is 267 g/mol. The van der Waals surface area contributed by atoms with Crippen LogP contribution in [-0.2, 0) is 6.54 Å². The lowest BCUT2D eigenvalue weighted by molar-refractivity contribution is 0.0978. The van der Waals surface area contributed by atoms with E-state index in [4.69, 9.17) is 23.2 Å². The number of nitrogens with one attached hydrogen (secondary N) is 1. The van der Waals surface area contributed by atoms with Crippen LogP contribution in [0.15, 0.2) is 18.2 Å². The number of benzene rings is 1. The van der Waals surface area contributed by atoms with Crippen molar-refractivity contribution >= 4 is 23.2 Å². The molecule has 1 aliphatic rings. The fourth-order valence-corrected chi connectivity index (χ4v) is 2.89. The number of piperazine rings is 1. The maximum absolute atomic E-state index is 6.24. The number of nitrogens with zero attached hydrogens (tertiary/aromatic N) is 1. The first-order valence-electron chi connectivity index (χ1n) is 6.31. The summed E-state index contributed by atoms with van der Waals surface area (Å²) in [5, 5.41) is 5.06. The summed E-state index contributed by atoms with van der Waals surface area (Å²) in [7, 11) is 0. The average Bonchev–Trinajstić information content (AvgIpc) is 2.28. The van der Waals surface area contributed by atoms with Gasteiger partial charge < -0.3 is 5.32 Å². The second kappa shape index (κ2) is 5.38. The zero-order valence-corrected chi connectivity index (χ0v) is 12.6. The van der Waals surface area contributed by atoms with Crippen LogP contribution in [0.5, 0.6) is 0 Å². The monoisotopic (exact) mass is 286 g/mol. The van der Waals surface area contributed by atoms with Gasteiger partial charge in [0.1, 0.15) is 0 Å². The number of rotatable bonds is 2. The van der Waals surface area contributed by atoms with Crippen LogP contribution in [0.2, 0.25) is 10.0 Å². The molecule has 1 N–H and O–H groups in total. The second-order valence-corrected chi connectivity index (χ2v) is 6.53. The molecule has 18 heavy (non-hydrogen) atoms. The summed E-state index contributed by atoms with van der Waals surface area (Å²) in [6.07, 6.45) is 0. The van der Waals surface area contributed by atoms with Crippen molar-refractivity contribution in [1.82, 2.24) is 10.2 Å². The third-order valence-corrected chi connectivity index (χ3v) is 4.23. The van der Waals surface area contributed by atoms with Crippen molar-refractivity contribution in [3.05, 3.63) is 33.8 Å². The highest BCUT2D eigenvalue weighted by molar-refractivity contribution is 6.35. The largest absolute Gasteiger partial charge is 0.309 e. The molecule has 1 saturated heterocycles. The van der Waals surface area contributed by atoms with Crippen LogP contribution in [0.3, 0.4) is 0 Å². The van der Waals surface area contributed by atoms with Crippen molar-refractivity contribution in [2.75, 3.05) is 13.1 Å². The summed E-state index contributed by atoms with van der Waals surface area (Å²) >= 11 is 12.5. The molecule has 100 valence electrons. The Morgan fingerprint density at radius 1 is 1.33 bits per heavy atom. The molecule has 1 unspecified atom stereocenters. The fraction of sp³-hybridized carbons (Fsp3) is 0.571. The van der Waals surface area contributed by atoms with Gasteiger partial charge in [0.25, 0.3) is 0 Å². The minimum atomic E-state index is 0.139. The molecule has 0 spiro atoms. The predicted molar refractivity (Wildman–Crippen MR) is 78.4 cm³/mol. The molecule has 0 aliphatic carbocycles. The maximum Gasteiger partial charge on any atom is 0.0465 e. The van der Waals surface area contributed by atoms with Crippen LogP contribution in [-0.4, -0.2) is 29.6 Å². The Morgan fingerprint density at radius 3 is 2.56 bits per heavy atom. The number of hydrogen-bond donors (Lipinski definition) is 1. The van der Waals surface area contributed by atoms with E-state index in [1.165, 1.54) is 0 Å². The molecule has 0 aromatic heterocycles. The molecule has 2 nitrogen and oxygen atoms in total. The average molecular weight is 287 g/mol. The van der Waals surface area contributed by atoms with Crippen LogP contribution >= 0.6 is 23.2 Å². The Bertz CT molecular complexity index is 412. The van der Waals surface area contributed by atoms with Crippen molar-refractivity contribution in [2.24, 2.45) is 0 Å². The van der Waals surface area contributed by atoms with Gasteiger partial charge in [-0.2, -0.15) is 0 Å². The summed E-state index contributed by atoms with van der Waals surface area (Å²) in [6, 6.07) is 6.19. The molecule has 1 heterocycles. The van der Waals surface area contributed by atoms with Gasteiger partial charge >= 0.3 is 0 Å². The van der Waals surface area contributed by atoms with Crippen molar-refractivity contribution in [3.63, 3.8) is 0 Å². The van der Waals surface area contributed by atoms with Gasteiger partial charge in [0.15, 0.2) is 0 Å². The van der Waals surface area contributed by atoms with E-state index in [2.05, 4.69) is 31.0 Å². The predicted octanol–water partition coefficient (Wildman–Crippen LogP) is 3.57. The molecule has 4 heteroatoms. The van der Waals surface area contributed by atoms with E-state index in [1.54, 1.807) is 0 Å². The van der Waals surface area contributed by atoms with E-state index in [9.17, 15) is 0 Å². The van der Waals surface area contributed by atoms with Gasteiger partial charge in [-0.1, -0.05) is 29.3 Å². The summed E-state index contributed by atoms with van der Waals surface area (Å²) in [5.41, 5.74) is 1.17. The molecule has 1 aliphatic heterocycles. The van der Waals surface area contributed by atoms with Crippen LogP contribution in [0.1, 0.15) is 26.3 Å². The Morgan fingerprint density at radius 2 is 1.94 bits per heavy atom. The lowest BCUT2D eigenvalue weighted by Crippen LogP contribution is -2.60. The molecule has 1 atom stereocenters. The lowest BCUT2D eigenvalue weighted by Gasteiger charge is -2.43. The maximum atomic E-state index is 6.24. The Hall–Kier alpha value is -0.280. The van der Waals surface area contributed by atoms with Gasteiger partial charge in [-0.25, -0.2) is 0 Å². The first-order valence-corrected chi connectivity index (χ1v) is 7.06. The third-order valence-electron chi connectivity index (χ3n) is 3.52. The van der Waals surface area contributed by atoms with Crippen LogP contribution in [0.25, 0.3) is 0 Å². The van der Waals surface area contributed by atoms with E-state index in [0.717, 1.165) is 35.2 Å². The summed E-state index contributed by atoms with van der Waals surface area (Å²) in [4.78, 5) is 2.43. The third kappa shape index (κ3) is 3.18. The first-order chi connectivity index (χ1) is 8.39. The molecule has 2 rings (SSSR count). The van der Waals surface area contributed by atoms with Gasteiger partial charge in [0.2, 0.25) is 0 Å². The Balaban J connectivity index is 2.17. The van der Waals surface area contributed by atoms with Crippen molar-refractivity contribution < 1.29 is 0 Å². The van der Waals surface area contributed by atoms with Crippen LogP contribution in [0.4, 0.5) is 0 Å². The zero-order valence-electron chi connectivity index (χ0n) is 11.1. The van der Waals surface area contributed by atoms with Gasteiger partial charge in [-0.15, -0.1) is 0 Å². The number of halogens is 2. The van der Waals surface area contributed by atoms with Gasteiger partial charge in [0.05, 0.1) is 0 Å². The highest BCUT2D eigenvalue weighted by Gasteiger charge is 2.30. The molecule has 0 radical (unpaired) electrons. The minimum Gasteiger partial charge on any atom is -0.309 e. The van der Waals surface area contributed by atoms with Crippen molar-refractivity contribution in [3.8, 4) is 0 Å². The Labute approximate surface area is 119 Å². The normalized spacial score (nSPS) is 24.2. The standard InChI is InChI=1S/C14H20Cl2N2/c1-10-7-17-14(2,3)9-18(10)8-11-12(15)5-4-6-13(11)16/h4-6,10,17H,7-9H2,1-3H3. The minimum absolute atomic E-state index is 0.139. The molecule has 1 aromatic rings. The molecule has 0 saturated carbocycles. The molecular formula is C14H20Cl2N2. The quantitative estimate of drug-likeness (QED) is 0.894. The summed E-state index contributed by atoms with van der Waals surface area (Å²) in [6.45, 7) is 9.47.